The second-order valence-corrected chi connectivity index (χ2v) is 14.1. The molecule has 0 saturated heterocycles. The van der Waals surface area contributed by atoms with E-state index in [1.54, 1.807) is 27.7 Å². The molecule has 0 saturated carbocycles. The Morgan fingerprint density at radius 1 is 0.628 bits per heavy atom. The predicted octanol–water partition coefficient (Wildman–Crippen LogP) is 2.50. The molecule has 0 aliphatic carbocycles. The van der Waals surface area contributed by atoms with Gasteiger partial charge in [-0.15, -0.1) is 4.73 Å². The van der Waals surface area contributed by atoms with E-state index >= 15 is 0 Å². The zero-order valence-electron chi connectivity index (χ0n) is 24.7. The van der Waals surface area contributed by atoms with Gasteiger partial charge in [0.2, 0.25) is 11.8 Å². The molecular formula is C26H39Br2NO14. The quantitative estimate of drug-likeness (QED) is 0.0857. The highest BCUT2D eigenvalue weighted by molar-refractivity contribution is 9.10. The largest absolute Gasteiger partial charge is 0.534 e. The molecule has 0 radical (unpaired) electrons. The molecule has 1 heterocycles. The number of esters is 3. The lowest BCUT2D eigenvalue weighted by Crippen LogP contribution is -2.43. The number of rotatable bonds is 20. The van der Waals surface area contributed by atoms with Gasteiger partial charge in [0.05, 0.1) is 39.6 Å². The molecule has 0 spiro atoms. The van der Waals surface area contributed by atoms with E-state index in [-0.39, 0.29) is 66.1 Å². The van der Waals surface area contributed by atoms with Crippen LogP contribution < -0.4 is 4.84 Å². The Bertz CT molecular complexity index is 998. The lowest BCUT2D eigenvalue weighted by Gasteiger charge is -2.28. The first-order valence-electron chi connectivity index (χ1n) is 13.0. The van der Waals surface area contributed by atoms with E-state index < -0.39 is 49.9 Å². The maximum absolute atomic E-state index is 12.8. The molecule has 15 nitrogen and oxygen atoms in total. The average molecular weight is 749 g/mol. The number of aromatic hydroxyl groups is 2. The number of hydrogen-bond donors (Lipinski definition) is 2. The molecule has 0 bridgehead atoms. The third kappa shape index (κ3) is 15.1. The van der Waals surface area contributed by atoms with E-state index in [4.69, 9.17) is 33.2 Å². The van der Waals surface area contributed by atoms with Crippen molar-refractivity contribution in [2.45, 2.75) is 43.3 Å². The molecule has 0 unspecified atom stereocenters. The Hall–Kier alpha value is -2.60. The number of carbonyl (C=O) groups excluding carboxylic acids is 4. The molecule has 246 valence electrons. The van der Waals surface area contributed by atoms with Crippen LogP contribution in [0.1, 0.15) is 34.6 Å². The van der Waals surface area contributed by atoms with Crippen molar-refractivity contribution in [2.24, 2.45) is 5.41 Å². The predicted molar refractivity (Wildman–Crippen MR) is 155 cm³/mol. The van der Waals surface area contributed by atoms with Crippen molar-refractivity contribution in [2.75, 3.05) is 66.1 Å². The van der Waals surface area contributed by atoms with Crippen molar-refractivity contribution < 1.29 is 67.4 Å². The smallest absolute Gasteiger partial charge is 0.492 e. The van der Waals surface area contributed by atoms with Gasteiger partial charge >= 0.3 is 24.1 Å². The number of aromatic nitrogens is 1. The number of ether oxygens (including phenoxy) is 7. The van der Waals surface area contributed by atoms with Crippen LogP contribution in [0.15, 0.2) is 12.1 Å². The van der Waals surface area contributed by atoms with Gasteiger partial charge < -0.3 is 43.4 Å². The number of nitrogens with zero attached hydrogens (tertiary/aromatic N) is 1. The average Bonchev–Trinajstić information content (AvgIpc) is 3.23. The minimum absolute atomic E-state index is 0.0586. The number of alkyl halides is 2. The fraction of sp³-hybridized carbons (Fsp3) is 0.692. The summed E-state index contributed by atoms with van der Waals surface area (Å²) in [5, 5.41) is 18.8. The van der Waals surface area contributed by atoms with Gasteiger partial charge in [-0.05, 0) is 34.6 Å². The Morgan fingerprint density at radius 3 is 1.40 bits per heavy atom. The lowest BCUT2D eigenvalue weighted by molar-refractivity contribution is -0.172. The SMILES string of the molecule is CC(C)(Br)C(=O)OCC(C)(COC(=O)C(C)(C)Br)C(=O)OCCOCCOCCOCCOC(=O)On1c(O)ccc1O. The van der Waals surface area contributed by atoms with Gasteiger partial charge in [0.1, 0.15) is 40.5 Å². The van der Waals surface area contributed by atoms with E-state index in [1.165, 1.54) is 6.92 Å². The van der Waals surface area contributed by atoms with Crippen LogP contribution in [0.4, 0.5) is 4.79 Å². The lowest BCUT2D eigenvalue weighted by atomic mass is 9.93. The second kappa shape index (κ2) is 18.3. The summed E-state index contributed by atoms with van der Waals surface area (Å²) in [6.45, 7) is 7.89. The molecule has 0 atom stereocenters. The molecule has 1 aromatic heterocycles. The Morgan fingerprint density at radius 2 is 1.00 bits per heavy atom. The number of carbonyl (C=O) groups is 4. The second-order valence-electron chi connectivity index (χ2n) is 10.2. The molecule has 2 N–H and O–H groups in total. The Kier molecular flexibility index (Phi) is 16.3. The summed E-state index contributed by atoms with van der Waals surface area (Å²) in [5.74, 6) is -2.88. The highest BCUT2D eigenvalue weighted by Gasteiger charge is 2.41. The van der Waals surface area contributed by atoms with Crippen molar-refractivity contribution in [3.8, 4) is 11.8 Å². The third-order valence-electron chi connectivity index (χ3n) is 5.12. The standard InChI is InChI=1S/C26H39Br2NO14/c1-24(2,27)20(32)41-16-26(5,17-42-21(33)25(3,4)28)22(34)39-14-12-37-10-8-36-9-11-38-13-15-40-23(35)43-29-18(30)6-7-19(29)31/h6-7,30-31H,8-17H2,1-5H3. The summed E-state index contributed by atoms with van der Waals surface area (Å²) in [6, 6.07) is 2.26. The summed E-state index contributed by atoms with van der Waals surface area (Å²) in [6.07, 6.45) is -1.14. The van der Waals surface area contributed by atoms with Gasteiger partial charge in [-0.2, -0.15) is 0 Å². The van der Waals surface area contributed by atoms with Crippen LogP contribution in [-0.4, -0.2) is 114 Å². The maximum atomic E-state index is 12.8. The van der Waals surface area contributed by atoms with Gasteiger partial charge in [0, 0.05) is 12.1 Å². The van der Waals surface area contributed by atoms with Gasteiger partial charge in [0.25, 0.3) is 0 Å². The minimum Gasteiger partial charge on any atom is -0.492 e. The summed E-state index contributed by atoms with van der Waals surface area (Å²) >= 11 is 6.40. The summed E-state index contributed by atoms with van der Waals surface area (Å²) < 4.78 is 35.1. The Labute approximate surface area is 266 Å². The van der Waals surface area contributed by atoms with E-state index in [2.05, 4.69) is 36.7 Å². The van der Waals surface area contributed by atoms with E-state index in [9.17, 15) is 29.4 Å². The van der Waals surface area contributed by atoms with Crippen LogP contribution in [0.2, 0.25) is 0 Å². The topological polar surface area (TPSA) is 188 Å². The summed E-state index contributed by atoms with van der Waals surface area (Å²) in [7, 11) is 0. The molecule has 1 aromatic rings. The highest BCUT2D eigenvalue weighted by Crippen LogP contribution is 2.26. The molecular weight excluding hydrogens is 710 g/mol. The first-order valence-corrected chi connectivity index (χ1v) is 14.6. The van der Waals surface area contributed by atoms with Crippen molar-refractivity contribution in [1.29, 1.82) is 0 Å². The van der Waals surface area contributed by atoms with Crippen molar-refractivity contribution >= 4 is 55.9 Å². The van der Waals surface area contributed by atoms with Gasteiger partial charge in [-0.3, -0.25) is 19.2 Å². The van der Waals surface area contributed by atoms with Crippen LogP contribution in [0.3, 0.4) is 0 Å². The maximum Gasteiger partial charge on any atom is 0.534 e. The van der Waals surface area contributed by atoms with E-state index in [0.29, 0.717) is 4.73 Å². The third-order valence-corrected chi connectivity index (χ3v) is 5.77. The van der Waals surface area contributed by atoms with Gasteiger partial charge in [-0.1, -0.05) is 31.9 Å². The molecule has 0 aliphatic rings. The van der Waals surface area contributed by atoms with Crippen LogP contribution in [0.5, 0.6) is 11.8 Å². The molecule has 1 rings (SSSR count). The molecule has 0 amide bonds. The molecule has 0 aromatic carbocycles. The molecule has 43 heavy (non-hydrogen) atoms. The highest BCUT2D eigenvalue weighted by atomic mass is 79.9. The van der Waals surface area contributed by atoms with Crippen LogP contribution in [0.25, 0.3) is 0 Å². The summed E-state index contributed by atoms with van der Waals surface area (Å²) in [5.41, 5.74) is -1.45. The van der Waals surface area contributed by atoms with Crippen LogP contribution in [0, 0.1) is 5.41 Å². The normalized spacial score (nSPS) is 12.0. The first-order chi connectivity index (χ1) is 20.0. The van der Waals surface area contributed by atoms with Crippen molar-refractivity contribution in [3.63, 3.8) is 0 Å². The zero-order chi connectivity index (χ0) is 32.7. The van der Waals surface area contributed by atoms with E-state index in [1.807, 2.05) is 0 Å². The fourth-order valence-corrected chi connectivity index (χ4v) is 2.87. The molecule has 0 fully saturated rings. The minimum atomic E-state index is -1.45. The number of hydrogen-bond acceptors (Lipinski definition) is 14. The van der Waals surface area contributed by atoms with Gasteiger partial charge in [0.15, 0.2) is 0 Å². The monoisotopic (exact) mass is 747 g/mol. The van der Waals surface area contributed by atoms with Gasteiger partial charge in [-0.25, -0.2) is 4.79 Å². The molecule has 17 heteroatoms. The van der Waals surface area contributed by atoms with Crippen LogP contribution in [-0.2, 0) is 47.5 Å². The van der Waals surface area contributed by atoms with Crippen molar-refractivity contribution in [3.05, 3.63) is 12.1 Å². The zero-order valence-corrected chi connectivity index (χ0v) is 27.9. The molecule has 0 aliphatic heterocycles. The first kappa shape index (κ1) is 38.4. The Balaban J connectivity index is 2.22. The number of halogens is 2. The van der Waals surface area contributed by atoms with E-state index in [0.717, 1.165) is 12.1 Å². The van der Waals surface area contributed by atoms with Crippen molar-refractivity contribution in [1.82, 2.24) is 4.73 Å². The van der Waals surface area contributed by atoms with Crippen LogP contribution >= 0.6 is 31.9 Å². The fourth-order valence-electron chi connectivity index (χ4n) is 2.64. The summed E-state index contributed by atoms with van der Waals surface area (Å²) in [4.78, 5) is 53.3.